The van der Waals surface area contributed by atoms with E-state index in [1.807, 2.05) is 6.07 Å². The molecular formula is C12H15N3. The van der Waals surface area contributed by atoms with Gasteiger partial charge >= 0.3 is 0 Å². The van der Waals surface area contributed by atoms with Crippen LogP contribution in [-0.2, 0) is 6.42 Å². The van der Waals surface area contributed by atoms with E-state index in [1.165, 1.54) is 5.56 Å². The van der Waals surface area contributed by atoms with Crippen molar-refractivity contribution in [3.05, 3.63) is 36.2 Å². The van der Waals surface area contributed by atoms with Crippen LogP contribution in [0.4, 0.5) is 0 Å². The fourth-order valence-electron chi connectivity index (χ4n) is 1.64. The molecule has 0 atom stereocenters. The fraction of sp³-hybridized carbons (Fsp3) is 0.333. The van der Waals surface area contributed by atoms with E-state index in [0.29, 0.717) is 0 Å². The van der Waals surface area contributed by atoms with E-state index in [9.17, 15) is 0 Å². The first-order valence-electron chi connectivity index (χ1n) is 5.30. The van der Waals surface area contributed by atoms with E-state index in [4.69, 9.17) is 5.73 Å². The molecule has 15 heavy (non-hydrogen) atoms. The van der Waals surface area contributed by atoms with Crippen LogP contribution in [0.5, 0.6) is 0 Å². The van der Waals surface area contributed by atoms with E-state index in [0.717, 1.165) is 36.8 Å². The average molecular weight is 201 g/mol. The molecule has 0 fully saturated rings. The highest BCUT2D eigenvalue weighted by molar-refractivity contribution is 5.74. The Morgan fingerprint density at radius 3 is 2.60 bits per heavy atom. The van der Waals surface area contributed by atoms with Gasteiger partial charge in [0.25, 0.3) is 0 Å². The van der Waals surface area contributed by atoms with Crippen LogP contribution in [0.3, 0.4) is 0 Å². The molecule has 2 aromatic rings. The zero-order chi connectivity index (χ0) is 10.5. The van der Waals surface area contributed by atoms with Crippen LogP contribution in [-0.4, -0.2) is 16.5 Å². The van der Waals surface area contributed by atoms with Gasteiger partial charge in [-0.25, -0.2) is 0 Å². The van der Waals surface area contributed by atoms with E-state index in [-0.39, 0.29) is 0 Å². The van der Waals surface area contributed by atoms with Gasteiger partial charge in [0.05, 0.1) is 11.0 Å². The molecule has 1 aromatic heterocycles. The summed E-state index contributed by atoms with van der Waals surface area (Å²) in [5.41, 5.74) is 8.71. The monoisotopic (exact) mass is 201 g/mol. The molecule has 0 spiro atoms. The topological polar surface area (TPSA) is 51.8 Å². The minimum atomic E-state index is 0.771. The first-order valence-corrected chi connectivity index (χ1v) is 5.30. The minimum Gasteiger partial charge on any atom is -0.330 e. The van der Waals surface area contributed by atoms with Gasteiger partial charge in [0, 0.05) is 12.4 Å². The molecule has 0 aliphatic carbocycles. The molecule has 3 heteroatoms. The highest BCUT2D eigenvalue weighted by atomic mass is 14.8. The SMILES string of the molecule is NCCCCc1ccc2nccnc2c1. The predicted molar refractivity (Wildman–Crippen MR) is 61.5 cm³/mol. The molecule has 0 aliphatic rings. The Bertz CT molecular complexity index is 440. The van der Waals surface area contributed by atoms with Crippen LogP contribution in [0.15, 0.2) is 30.6 Å². The van der Waals surface area contributed by atoms with Crippen LogP contribution in [0.1, 0.15) is 18.4 Å². The second-order valence-corrected chi connectivity index (χ2v) is 3.63. The third kappa shape index (κ3) is 2.50. The lowest BCUT2D eigenvalue weighted by Crippen LogP contribution is -1.99. The molecule has 0 amide bonds. The number of rotatable bonds is 4. The van der Waals surface area contributed by atoms with Crippen molar-refractivity contribution in [3.8, 4) is 0 Å². The van der Waals surface area contributed by atoms with Gasteiger partial charge < -0.3 is 5.73 Å². The van der Waals surface area contributed by atoms with E-state index < -0.39 is 0 Å². The quantitative estimate of drug-likeness (QED) is 0.769. The van der Waals surface area contributed by atoms with Crippen molar-refractivity contribution in [2.45, 2.75) is 19.3 Å². The van der Waals surface area contributed by atoms with E-state index in [1.54, 1.807) is 12.4 Å². The maximum atomic E-state index is 5.46. The number of hydrogen-bond acceptors (Lipinski definition) is 3. The van der Waals surface area contributed by atoms with Crippen LogP contribution in [0, 0.1) is 0 Å². The van der Waals surface area contributed by atoms with E-state index >= 15 is 0 Å². The van der Waals surface area contributed by atoms with Gasteiger partial charge in [-0.3, -0.25) is 9.97 Å². The zero-order valence-electron chi connectivity index (χ0n) is 8.69. The molecule has 0 aliphatic heterocycles. The molecule has 0 saturated carbocycles. The number of nitrogens with zero attached hydrogens (tertiary/aromatic N) is 2. The number of fused-ring (bicyclic) bond motifs is 1. The molecule has 2 N–H and O–H groups in total. The molecule has 0 radical (unpaired) electrons. The zero-order valence-corrected chi connectivity index (χ0v) is 8.69. The van der Waals surface area contributed by atoms with Crippen molar-refractivity contribution in [1.82, 2.24) is 9.97 Å². The smallest absolute Gasteiger partial charge is 0.0889 e. The third-order valence-electron chi connectivity index (χ3n) is 2.45. The summed E-state index contributed by atoms with van der Waals surface area (Å²) < 4.78 is 0. The molecule has 0 saturated heterocycles. The summed E-state index contributed by atoms with van der Waals surface area (Å²) in [6.07, 6.45) is 6.74. The van der Waals surface area contributed by atoms with Gasteiger partial charge in [0.1, 0.15) is 0 Å². The van der Waals surface area contributed by atoms with Crippen LogP contribution in [0.25, 0.3) is 11.0 Å². The van der Waals surface area contributed by atoms with Gasteiger partial charge in [-0.1, -0.05) is 6.07 Å². The summed E-state index contributed by atoms with van der Waals surface area (Å²) in [5, 5.41) is 0. The molecule has 1 heterocycles. The second-order valence-electron chi connectivity index (χ2n) is 3.63. The van der Waals surface area contributed by atoms with Gasteiger partial charge in [0.2, 0.25) is 0 Å². The van der Waals surface area contributed by atoms with Crippen LogP contribution < -0.4 is 5.73 Å². The van der Waals surface area contributed by atoms with Crippen molar-refractivity contribution < 1.29 is 0 Å². The Hall–Kier alpha value is -1.48. The second kappa shape index (κ2) is 4.84. The van der Waals surface area contributed by atoms with Crippen molar-refractivity contribution in [2.24, 2.45) is 5.73 Å². The first kappa shape index (κ1) is 10.1. The number of aromatic nitrogens is 2. The highest BCUT2D eigenvalue weighted by Gasteiger charge is 1.97. The minimum absolute atomic E-state index is 0.771. The standard InChI is InChI=1S/C12H15N3/c13-6-2-1-3-10-4-5-11-12(9-10)15-8-7-14-11/h4-5,7-9H,1-3,6,13H2. The number of aryl methyl sites for hydroxylation is 1. The molecule has 0 bridgehead atoms. The summed E-state index contributed by atoms with van der Waals surface area (Å²) in [6, 6.07) is 6.26. The van der Waals surface area contributed by atoms with Crippen LogP contribution >= 0.6 is 0 Å². The summed E-state index contributed by atoms with van der Waals surface area (Å²) in [6.45, 7) is 0.771. The summed E-state index contributed by atoms with van der Waals surface area (Å²) >= 11 is 0. The maximum Gasteiger partial charge on any atom is 0.0889 e. The molecule has 3 nitrogen and oxygen atoms in total. The largest absolute Gasteiger partial charge is 0.330 e. The molecule has 78 valence electrons. The Balaban J connectivity index is 2.16. The normalized spacial score (nSPS) is 10.7. The lowest BCUT2D eigenvalue weighted by atomic mass is 10.1. The van der Waals surface area contributed by atoms with Crippen molar-refractivity contribution in [2.75, 3.05) is 6.54 Å². The highest BCUT2D eigenvalue weighted by Crippen LogP contribution is 2.12. The van der Waals surface area contributed by atoms with Crippen molar-refractivity contribution in [3.63, 3.8) is 0 Å². The molecule has 2 rings (SSSR count). The number of benzene rings is 1. The van der Waals surface area contributed by atoms with Crippen molar-refractivity contribution >= 4 is 11.0 Å². The number of nitrogens with two attached hydrogens (primary N) is 1. The van der Waals surface area contributed by atoms with Gasteiger partial charge in [-0.05, 0) is 43.5 Å². The number of unbranched alkanes of at least 4 members (excludes halogenated alkanes) is 1. The maximum absolute atomic E-state index is 5.46. The summed E-state index contributed by atoms with van der Waals surface area (Å²) in [7, 11) is 0. The lowest BCUT2D eigenvalue weighted by molar-refractivity contribution is 0.745. The summed E-state index contributed by atoms with van der Waals surface area (Å²) in [5.74, 6) is 0. The van der Waals surface area contributed by atoms with Gasteiger partial charge in [-0.2, -0.15) is 0 Å². The molecule has 1 aromatic carbocycles. The summed E-state index contributed by atoms with van der Waals surface area (Å²) in [4.78, 5) is 8.52. The molecular weight excluding hydrogens is 186 g/mol. The predicted octanol–water partition coefficient (Wildman–Crippen LogP) is 1.91. The fourth-order valence-corrected chi connectivity index (χ4v) is 1.64. The van der Waals surface area contributed by atoms with E-state index in [2.05, 4.69) is 22.1 Å². The van der Waals surface area contributed by atoms with Gasteiger partial charge in [0.15, 0.2) is 0 Å². The first-order chi connectivity index (χ1) is 7.40. The van der Waals surface area contributed by atoms with Crippen molar-refractivity contribution in [1.29, 1.82) is 0 Å². The molecule has 0 unspecified atom stereocenters. The van der Waals surface area contributed by atoms with Gasteiger partial charge in [-0.15, -0.1) is 0 Å². The third-order valence-corrected chi connectivity index (χ3v) is 2.45. The Morgan fingerprint density at radius 2 is 1.80 bits per heavy atom. The van der Waals surface area contributed by atoms with Crippen LogP contribution in [0.2, 0.25) is 0 Å². The Kier molecular flexibility index (Phi) is 3.25. The lowest BCUT2D eigenvalue weighted by Gasteiger charge is -2.01. The Labute approximate surface area is 89.4 Å². The Morgan fingerprint density at radius 1 is 1.00 bits per heavy atom. The average Bonchev–Trinajstić information content (AvgIpc) is 2.29. The number of hydrogen-bond donors (Lipinski definition) is 1.